The SMILES string of the molecule is O=C(O)c1cc(-c2ccc3n[nH]nc3n2)cc([N+](=O)[O-])c1. The van der Waals surface area contributed by atoms with Crippen molar-refractivity contribution in [3.63, 3.8) is 0 Å². The third-order valence-corrected chi connectivity index (χ3v) is 2.85. The molecule has 0 spiro atoms. The summed E-state index contributed by atoms with van der Waals surface area (Å²) in [6.45, 7) is 0. The number of rotatable bonds is 3. The maximum atomic E-state index is 11.1. The predicted molar refractivity (Wildman–Crippen MR) is 70.7 cm³/mol. The van der Waals surface area contributed by atoms with Crippen molar-refractivity contribution in [2.75, 3.05) is 0 Å². The maximum Gasteiger partial charge on any atom is 0.335 e. The summed E-state index contributed by atoms with van der Waals surface area (Å²) >= 11 is 0. The van der Waals surface area contributed by atoms with Crippen LogP contribution in [0.1, 0.15) is 10.4 Å². The number of nitrogens with zero attached hydrogens (tertiary/aromatic N) is 4. The topological polar surface area (TPSA) is 135 Å². The average Bonchev–Trinajstić information content (AvgIpc) is 2.94. The summed E-state index contributed by atoms with van der Waals surface area (Å²) in [6, 6.07) is 6.82. The number of carbonyl (C=O) groups is 1. The van der Waals surface area contributed by atoms with E-state index in [0.29, 0.717) is 22.4 Å². The molecule has 0 aliphatic rings. The van der Waals surface area contributed by atoms with Gasteiger partial charge in [0.2, 0.25) is 5.65 Å². The second kappa shape index (κ2) is 4.63. The number of aromatic amines is 1. The molecule has 0 aliphatic carbocycles. The van der Waals surface area contributed by atoms with Gasteiger partial charge in [0.05, 0.1) is 16.2 Å². The van der Waals surface area contributed by atoms with Crippen molar-refractivity contribution >= 4 is 22.8 Å². The fourth-order valence-electron chi connectivity index (χ4n) is 1.89. The summed E-state index contributed by atoms with van der Waals surface area (Å²) in [6.07, 6.45) is 0. The van der Waals surface area contributed by atoms with Gasteiger partial charge in [-0.3, -0.25) is 10.1 Å². The Labute approximate surface area is 116 Å². The summed E-state index contributed by atoms with van der Waals surface area (Å²) in [7, 11) is 0. The van der Waals surface area contributed by atoms with Gasteiger partial charge in [-0.05, 0) is 18.2 Å². The van der Waals surface area contributed by atoms with E-state index in [0.717, 1.165) is 6.07 Å². The molecule has 0 amide bonds. The number of H-pyrrole nitrogens is 1. The Bertz CT molecular complexity index is 841. The number of benzene rings is 1. The summed E-state index contributed by atoms with van der Waals surface area (Å²) in [5.41, 5.74) is 1.10. The summed E-state index contributed by atoms with van der Waals surface area (Å²) in [4.78, 5) is 25.5. The quantitative estimate of drug-likeness (QED) is 0.551. The highest BCUT2D eigenvalue weighted by atomic mass is 16.6. The Kier molecular flexibility index (Phi) is 2.79. The first-order chi connectivity index (χ1) is 10.0. The number of nitrogens with one attached hydrogen (secondary N) is 1. The minimum absolute atomic E-state index is 0.179. The molecule has 2 aromatic heterocycles. The number of hydrogen-bond acceptors (Lipinski definition) is 6. The van der Waals surface area contributed by atoms with Crippen LogP contribution in [0.15, 0.2) is 30.3 Å². The molecule has 0 aliphatic heterocycles. The maximum absolute atomic E-state index is 11.1. The number of nitro benzene ring substituents is 1. The van der Waals surface area contributed by atoms with Crippen LogP contribution < -0.4 is 0 Å². The highest BCUT2D eigenvalue weighted by Crippen LogP contribution is 2.25. The second-order valence-corrected chi connectivity index (χ2v) is 4.19. The van der Waals surface area contributed by atoms with Crippen LogP contribution in [0.3, 0.4) is 0 Å². The second-order valence-electron chi connectivity index (χ2n) is 4.19. The molecule has 9 heteroatoms. The highest BCUT2D eigenvalue weighted by molar-refractivity contribution is 5.90. The van der Waals surface area contributed by atoms with Crippen LogP contribution in [-0.4, -0.2) is 36.4 Å². The van der Waals surface area contributed by atoms with E-state index in [2.05, 4.69) is 20.4 Å². The molecule has 0 radical (unpaired) electrons. The molecule has 21 heavy (non-hydrogen) atoms. The Morgan fingerprint density at radius 3 is 2.76 bits per heavy atom. The third kappa shape index (κ3) is 2.27. The summed E-state index contributed by atoms with van der Waals surface area (Å²) in [5, 5.41) is 30.0. The smallest absolute Gasteiger partial charge is 0.335 e. The Morgan fingerprint density at radius 2 is 2.05 bits per heavy atom. The number of non-ortho nitro benzene ring substituents is 1. The normalized spacial score (nSPS) is 10.7. The van der Waals surface area contributed by atoms with Gasteiger partial charge in [-0.2, -0.15) is 10.3 Å². The van der Waals surface area contributed by atoms with Crippen LogP contribution >= 0.6 is 0 Å². The molecule has 3 aromatic rings. The molecule has 9 nitrogen and oxygen atoms in total. The van der Waals surface area contributed by atoms with Crippen LogP contribution in [0, 0.1) is 10.1 Å². The molecule has 0 atom stereocenters. The summed E-state index contributed by atoms with van der Waals surface area (Å²) in [5.74, 6) is -1.25. The molecule has 1 aromatic carbocycles. The molecule has 2 heterocycles. The van der Waals surface area contributed by atoms with E-state index in [1.807, 2.05) is 0 Å². The van der Waals surface area contributed by atoms with E-state index in [1.54, 1.807) is 12.1 Å². The van der Waals surface area contributed by atoms with Crippen LogP contribution in [0.4, 0.5) is 5.69 Å². The number of pyridine rings is 1. The molecular weight excluding hydrogens is 278 g/mol. The van der Waals surface area contributed by atoms with Gasteiger partial charge in [0, 0.05) is 17.7 Å². The van der Waals surface area contributed by atoms with Crippen molar-refractivity contribution in [2.24, 2.45) is 0 Å². The van der Waals surface area contributed by atoms with Gasteiger partial charge in [-0.25, -0.2) is 9.78 Å². The first-order valence-corrected chi connectivity index (χ1v) is 5.75. The van der Waals surface area contributed by atoms with E-state index in [-0.39, 0.29) is 11.3 Å². The lowest BCUT2D eigenvalue weighted by molar-refractivity contribution is -0.384. The van der Waals surface area contributed by atoms with E-state index in [1.165, 1.54) is 12.1 Å². The number of aromatic carboxylic acids is 1. The van der Waals surface area contributed by atoms with Crippen LogP contribution in [0.25, 0.3) is 22.4 Å². The predicted octanol–water partition coefficient (Wildman–Crippen LogP) is 1.63. The first kappa shape index (κ1) is 12.7. The Morgan fingerprint density at radius 1 is 1.24 bits per heavy atom. The van der Waals surface area contributed by atoms with Crippen molar-refractivity contribution in [1.29, 1.82) is 0 Å². The zero-order chi connectivity index (χ0) is 15.0. The Balaban J connectivity index is 2.19. The molecular formula is C12H7N5O4. The van der Waals surface area contributed by atoms with Gasteiger partial charge in [-0.15, -0.1) is 5.10 Å². The zero-order valence-corrected chi connectivity index (χ0v) is 10.3. The van der Waals surface area contributed by atoms with Crippen molar-refractivity contribution < 1.29 is 14.8 Å². The van der Waals surface area contributed by atoms with Crippen molar-refractivity contribution in [1.82, 2.24) is 20.4 Å². The van der Waals surface area contributed by atoms with Gasteiger partial charge in [0.15, 0.2) is 0 Å². The van der Waals surface area contributed by atoms with Gasteiger partial charge >= 0.3 is 5.97 Å². The molecule has 0 fully saturated rings. The number of aromatic nitrogens is 4. The van der Waals surface area contributed by atoms with Gasteiger partial charge < -0.3 is 5.11 Å². The summed E-state index contributed by atoms with van der Waals surface area (Å²) < 4.78 is 0. The number of fused-ring (bicyclic) bond motifs is 1. The van der Waals surface area contributed by atoms with Crippen LogP contribution in [-0.2, 0) is 0 Å². The molecule has 2 N–H and O–H groups in total. The minimum Gasteiger partial charge on any atom is -0.478 e. The zero-order valence-electron chi connectivity index (χ0n) is 10.3. The molecule has 0 saturated heterocycles. The number of hydrogen-bond donors (Lipinski definition) is 2. The standard InChI is InChI=1S/C12H7N5O4/c18-12(19)7-3-6(4-8(5-7)17(20)21)9-1-2-10-11(13-9)15-16-14-10/h1-5H,(H,18,19)(H,13,14,15,16). The molecule has 0 bridgehead atoms. The lowest BCUT2D eigenvalue weighted by atomic mass is 10.1. The van der Waals surface area contributed by atoms with Crippen LogP contribution in [0.5, 0.6) is 0 Å². The molecule has 0 saturated carbocycles. The fraction of sp³-hybridized carbons (Fsp3) is 0. The lowest BCUT2D eigenvalue weighted by Gasteiger charge is -2.03. The average molecular weight is 285 g/mol. The minimum atomic E-state index is -1.25. The molecule has 0 unspecified atom stereocenters. The van der Waals surface area contributed by atoms with Crippen LogP contribution in [0.2, 0.25) is 0 Å². The highest BCUT2D eigenvalue weighted by Gasteiger charge is 2.15. The third-order valence-electron chi connectivity index (χ3n) is 2.85. The van der Waals surface area contributed by atoms with E-state index in [9.17, 15) is 14.9 Å². The van der Waals surface area contributed by atoms with Gasteiger partial charge in [0.25, 0.3) is 5.69 Å². The van der Waals surface area contributed by atoms with Crippen molar-refractivity contribution in [3.05, 3.63) is 46.0 Å². The van der Waals surface area contributed by atoms with Crippen molar-refractivity contribution in [2.45, 2.75) is 0 Å². The van der Waals surface area contributed by atoms with E-state index in [4.69, 9.17) is 5.11 Å². The lowest BCUT2D eigenvalue weighted by Crippen LogP contribution is -1.99. The molecule has 3 rings (SSSR count). The largest absolute Gasteiger partial charge is 0.478 e. The number of carboxylic acid groups (broad SMARTS) is 1. The molecule has 104 valence electrons. The monoisotopic (exact) mass is 285 g/mol. The van der Waals surface area contributed by atoms with Gasteiger partial charge in [-0.1, -0.05) is 0 Å². The fourth-order valence-corrected chi connectivity index (χ4v) is 1.89. The van der Waals surface area contributed by atoms with E-state index >= 15 is 0 Å². The number of nitro groups is 1. The van der Waals surface area contributed by atoms with Crippen molar-refractivity contribution in [3.8, 4) is 11.3 Å². The first-order valence-electron chi connectivity index (χ1n) is 5.75. The van der Waals surface area contributed by atoms with E-state index < -0.39 is 10.9 Å². The number of carboxylic acids is 1. The Hall–Kier alpha value is -3.36. The van der Waals surface area contributed by atoms with Gasteiger partial charge in [0.1, 0.15) is 5.52 Å².